The van der Waals surface area contributed by atoms with Crippen molar-refractivity contribution in [1.82, 2.24) is 0 Å². The fourth-order valence-corrected chi connectivity index (χ4v) is 3.09. The molecular formula is C11H11BrO2S. The van der Waals surface area contributed by atoms with Gasteiger partial charge in [0.05, 0.1) is 21.9 Å². The van der Waals surface area contributed by atoms with E-state index in [0.29, 0.717) is 6.42 Å². The van der Waals surface area contributed by atoms with Gasteiger partial charge in [-0.2, -0.15) is 0 Å². The largest absolute Gasteiger partial charge is 0.472 e. The van der Waals surface area contributed by atoms with E-state index in [1.54, 1.807) is 36.9 Å². The minimum absolute atomic E-state index is 0.600. The van der Waals surface area contributed by atoms with Crippen LogP contribution in [0.15, 0.2) is 38.9 Å². The second-order valence-corrected chi connectivity index (χ2v) is 6.22. The van der Waals surface area contributed by atoms with Crippen molar-refractivity contribution in [2.45, 2.75) is 18.9 Å². The molecular weight excluding hydrogens is 276 g/mol. The van der Waals surface area contributed by atoms with E-state index in [4.69, 9.17) is 4.42 Å². The van der Waals surface area contributed by atoms with Gasteiger partial charge in [0.15, 0.2) is 0 Å². The summed E-state index contributed by atoms with van der Waals surface area (Å²) in [5.41, 5.74) is -0.0517. The summed E-state index contributed by atoms with van der Waals surface area (Å²) in [7, 11) is 0. The quantitative estimate of drug-likeness (QED) is 0.936. The third-order valence-electron chi connectivity index (χ3n) is 2.29. The Bertz CT molecular complexity index is 431. The number of hydrogen-bond acceptors (Lipinski definition) is 3. The van der Waals surface area contributed by atoms with Gasteiger partial charge >= 0.3 is 0 Å². The minimum atomic E-state index is -0.864. The lowest BCUT2D eigenvalue weighted by molar-refractivity contribution is 0.0578. The van der Waals surface area contributed by atoms with Gasteiger partial charge in [-0.3, -0.25) is 0 Å². The molecule has 0 amide bonds. The number of aliphatic hydroxyl groups is 1. The monoisotopic (exact) mass is 286 g/mol. The summed E-state index contributed by atoms with van der Waals surface area (Å²) in [6.07, 6.45) is 3.76. The van der Waals surface area contributed by atoms with E-state index in [1.807, 2.05) is 12.1 Å². The molecule has 1 N–H and O–H groups in total. The molecule has 4 heteroatoms. The maximum Gasteiger partial charge on any atom is 0.0963 e. The van der Waals surface area contributed by atoms with E-state index in [2.05, 4.69) is 15.9 Å². The van der Waals surface area contributed by atoms with Gasteiger partial charge in [-0.05, 0) is 41.1 Å². The van der Waals surface area contributed by atoms with Gasteiger partial charge < -0.3 is 9.52 Å². The Hall–Kier alpha value is -0.580. The highest BCUT2D eigenvalue weighted by atomic mass is 79.9. The van der Waals surface area contributed by atoms with Crippen LogP contribution in [-0.4, -0.2) is 5.11 Å². The number of rotatable bonds is 3. The zero-order valence-electron chi connectivity index (χ0n) is 8.24. The number of hydrogen-bond donors (Lipinski definition) is 1. The Balaban J connectivity index is 2.18. The molecule has 0 saturated carbocycles. The van der Waals surface area contributed by atoms with Gasteiger partial charge in [-0.1, -0.05) is 0 Å². The summed E-state index contributed by atoms with van der Waals surface area (Å²) >= 11 is 5.04. The topological polar surface area (TPSA) is 33.4 Å². The predicted molar refractivity (Wildman–Crippen MR) is 64.0 cm³/mol. The van der Waals surface area contributed by atoms with Gasteiger partial charge in [0.2, 0.25) is 0 Å². The first-order valence-corrected chi connectivity index (χ1v) is 6.18. The molecule has 2 nitrogen and oxygen atoms in total. The first-order valence-electron chi connectivity index (χ1n) is 4.57. The molecule has 0 aromatic carbocycles. The van der Waals surface area contributed by atoms with E-state index in [-0.39, 0.29) is 0 Å². The maximum atomic E-state index is 10.3. The van der Waals surface area contributed by atoms with Crippen molar-refractivity contribution < 1.29 is 9.52 Å². The van der Waals surface area contributed by atoms with E-state index in [1.165, 1.54) is 0 Å². The molecule has 0 spiro atoms. The lowest BCUT2D eigenvalue weighted by Crippen LogP contribution is -2.22. The molecule has 0 saturated heterocycles. The summed E-state index contributed by atoms with van der Waals surface area (Å²) in [6.45, 7) is 1.80. The SMILES string of the molecule is CC(O)(Cc1ccc(Br)s1)c1ccoc1. The van der Waals surface area contributed by atoms with Crippen LogP contribution < -0.4 is 0 Å². The third kappa shape index (κ3) is 2.51. The van der Waals surface area contributed by atoms with Crippen molar-refractivity contribution in [3.8, 4) is 0 Å². The van der Waals surface area contributed by atoms with Gasteiger partial charge in [0.1, 0.15) is 0 Å². The number of furan rings is 1. The van der Waals surface area contributed by atoms with E-state index >= 15 is 0 Å². The molecule has 15 heavy (non-hydrogen) atoms. The Morgan fingerprint density at radius 1 is 1.47 bits per heavy atom. The number of thiophene rings is 1. The summed E-state index contributed by atoms with van der Waals surface area (Å²) in [5, 5.41) is 10.3. The molecule has 2 aromatic rings. The first kappa shape index (κ1) is 10.9. The molecule has 0 aliphatic rings. The van der Waals surface area contributed by atoms with Crippen LogP contribution >= 0.6 is 27.3 Å². The zero-order chi connectivity index (χ0) is 10.9. The summed E-state index contributed by atoms with van der Waals surface area (Å²) in [5.74, 6) is 0. The lowest BCUT2D eigenvalue weighted by atomic mass is 9.94. The van der Waals surface area contributed by atoms with E-state index < -0.39 is 5.60 Å². The smallest absolute Gasteiger partial charge is 0.0963 e. The molecule has 1 atom stereocenters. The normalized spacial score (nSPS) is 15.1. The van der Waals surface area contributed by atoms with Crippen LogP contribution in [-0.2, 0) is 12.0 Å². The number of halogens is 1. The standard InChI is InChI=1S/C11H11BrO2S/c1-11(13,8-4-5-14-7-8)6-9-2-3-10(12)15-9/h2-5,7,13H,6H2,1H3. The molecule has 0 aliphatic carbocycles. The second kappa shape index (κ2) is 4.12. The predicted octanol–water partition coefficient (Wildman–Crippen LogP) is 3.55. The van der Waals surface area contributed by atoms with Crippen LogP contribution in [0.3, 0.4) is 0 Å². The van der Waals surface area contributed by atoms with Gasteiger partial charge in [0.25, 0.3) is 0 Å². The van der Waals surface area contributed by atoms with Crippen molar-refractivity contribution in [2.75, 3.05) is 0 Å². The average Bonchev–Trinajstić information content (AvgIpc) is 2.75. The van der Waals surface area contributed by atoms with Crippen LogP contribution in [0.2, 0.25) is 0 Å². The van der Waals surface area contributed by atoms with Gasteiger partial charge in [0, 0.05) is 16.9 Å². The molecule has 2 rings (SSSR count). The molecule has 0 radical (unpaired) electrons. The Morgan fingerprint density at radius 2 is 2.27 bits per heavy atom. The van der Waals surface area contributed by atoms with Crippen molar-refractivity contribution in [2.24, 2.45) is 0 Å². The average molecular weight is 287 g/mol. The van der Waals surface area contributed by atoms with Crippen molar-refractivity contribution in [3.63, 3.8) is 0 Å². The van der Waals surface area contributed by atoms with Crippen molar-refractivity contribution in [3.05, 3.63) is 45.0 Å². The van der Waals surface area contributed by atoms with Crippen LogP contribution in [0, 0.1) is 0 Å². The van der Waals surface area contributed by atoms with Crippen molar-refractivity contribution >= 4 is 27.3 Å². The molecule has 2 heterocycles. The Kier molecular flexibility index (Phi) is 3.00. The third-order valence-corrected chi connectivity index (χ3v) is 3.91. The van der Waals surface area contributed by atoms with Crippen LogP contribution in [0.4, 0.5) is 0 Å². The highest BCUT2D eigenvalue weighted by molar-refractivity contribution is 9.11. The fourth-order valence-electron chi connectivity index (χ4n) is 1.46. The summed E-state index contributed by atoms with van der Waals surface area (Å²) < 4.78 is 6.06. The van der Waals surface area contributed by atoms with Crippen molar-refractivity contribution in [1.29, 1.82) is 0 Å². The highest BCUT2D eigenvalue weighted by Crippen LogP contribution is 2.30. The molecule has 2 aromatic heterocycles. The summed E-state index contributed by atoms with van der Waals surface area (Å²) in [4.78, 5) is 1.15. The minimum Gasteiger partial charge on any atom is -0.472 e. The first-order chi connectivity index (χ1) is 7.08. The van der Waals surface area contributed by atoms with Gasteiger partial charge in [-0.25, -0.2) is 0 Å². The Morgan fingerprint density at radius 3 is 2.80 bits per heavy atom. The molecule has 1 unspecified atom stereocenters. The maximum absolute atomic E-state index is 10.3. The van der Waals surface area contributed by atoms with Crippen LogP contribution in [0.1, 0.15) is 17.4 Å². The van der Waals surface area contributed by atoms with E-state index in [9.17, 15) is 5.11 Å². The Labute approximate surface area is 101 Å². The molecule has 80 valence electrons. The summed E-state index contributed by atoms with van der Waals surface area (Å²) in [6, 6.07) is 5.80. The molecule has 0 fully saturated rings. The second-order valence-electron chi connectivity index (χ2n) is 3.67. The fraction of sp³-hybridized carbons (Fsp3) is 0.273. The van der Waals surface area contributed by atoms with E-state index in [0.717, 1.165) is 14.2 Å². The zero-order valence-corrected chi connectivity index (χ0v) is 10.6. The van der Waals surface area contributed by atoms with Crippen LogP contribution in [0.25, 0.3) is 0 Å². The highest BCUT2D eigenvalue weighted by Gasteiger charge is 2.25. The van der Waals surface area contributed by atoms with Gasteiger partial charge in [-0.15, -0.1) is 11.3 Å². The molecule has 0 aliphatic heterocycles. The lowest BCUT2D eigenvalue weighted by Gasteiger charge is -2.20. The van der Waals surface area contributed by atoms with Crippen LogP contribution in [0.5, 0.6) is 0 Å². The molecule has 0 bridgehead atoms.